The minimum absolute atomic E-state index is 0.0998. The molecule has 0 bridgehead atoms. The topological polar surface area (TPSA) is 55.1 Å². The van der Waals surface area contributed by atoms with E-state index in [0.717, 1.165) is 12.1 Å². The van der Waals surface area contributed by atoms with Gasteiger partial charge in [-0.15, -0.1) is 0 Å². The van der Waals surface area contributed by atoms with Gasteiger partial charge in [0.05, 0.1) is 0 Å². The molecule has 25 heavy (non-hydrogen) atoms. The van der Waals surface area contributed by atoms with Gasteiger partial charge in [0.15, 0.2) is 0 Å². The molecule has 3 aromatic rings. The summed E-state index contributed by atoms with van der Waals surface area (Å²) in [5, 5.41) is 2.93. The van der Waals surface area contributed by atoms with Crippen LogP contribution in [0.15, 0.2) is 84.9 Å². The summed E-state index contributed by atoms with van der Waals surface area (Å²) in [6.07, 6.45) is 0.951. The Morgan fingerprint density at radius 1 is 0.880 bits per heavy atom. The van der Waals surface area contributed by atoms with E-state index in [1.807, 2.05) is 48.5 Å². The monoisotopic (exact) mass is 328 g/mol. The van der Waals surface area contributed by atoms with Crippen LogP contribution in [0.3, 0.4) is 0 Å². The van der Waals surface area contributed by atoms with Crippen molar-refractivity contribution < 1.29 is 4.79 Å². The largest absolute Gasteiger partial charge is 0.322 e. The molecular weight excluding hydrogens is 308 g/mol. The zero-order valence-electron chi connectivity index (χ0n) is 13.9. The summed E-state index contributed by atoms with van der Waals surface area (Å²) in [5.41, 5.74) is 10.1. The van der Waals surface area contributed by atoms with E-state index in [0.29, 0.717) is 11.5 Å². The number of nitrogens with one attached hydrogen (secondary N) is 1. The maximum absolute atomic E-state index is 12.2. The fourth-order valence-electron chi connectivity index (χ4n) is 3.35. The molecule has 0 radical (unpaired) electrons. The minimum Gasteiger partial charge on any atom is -0.322 e. The van der Waals surface area contributed by atoms with Crippen molar-refractivity contribution in [1.29, 1.82) is 0 Å². The Bertz CT molecular complexity index is 875. The van der Waals surface area contributed by atoms with Crippen LogP contribution in [0, 0.1) is 0 Å². The number of anilines is 1. The van der Waals surface area contributed by atoms with Crippen molar-refractivity contribution in [3.05, 3.63) is 102 Å². The molecule has 0 heterocycles. The fourth-order valence-corrected chi connectivity index (χ4v) is 3.35. The molecule has 0 spiro atoms. The molecular formula is C22H20N2O. The van der Waals surface area contributed by atoms with Gasteiger partial charge in [-0.25, -0.2) is 0 Å². The molecule has 0 unspecified atom stereocenters. The van der Waals surface area contributed by atoms with Crippen molar-refractivity contribution >= 4 is 11.6 Å². The molecule has 3 heteroatoms. The predicted octanol–water partition coefficient (Wildman–Crippen LogP) is 4.28. The Morgan fingerprint density at radius 3 is 2.12 bits per heavy atom. The molecule has 3 nitrogen and oxygen atoms in total. The molecule has 2 atom stereocenters. The molecule has 0 aliphatic heterocycles. The molecule has 0 aromatic heterocycles. The summed E-state index contributed by atoms with van der Waals surface area (Å²) in [6.45, 7) is 0. The Morgan fingerprint density at radius 2 is 1.48 bits per heavy atom. The number of hydrogen-bond acceptors (Lipinski definition) is 2. The van der Waals surface area contributed by atoms with Crippen molar-refractivity contribution in [2.75, 3.05) is 5.32 Å². The summed E-state index contributed by atoms with van der Waals surface area (Å²) in [5.74, 6) is 0.228. The van der Waals surface area contributed by atoms with Crippen molar-refractivity contribution in [3.8, 4) is 0 Å². The van der Waals surface area contributed by atoms with E-state index >= 15 is 0 Å². The van der Waals surface area contributed by atoms with Crippen LogP contribution in [0.1, 0.15) is 33.8 Å². The second-order valence-electron chi connectivity index (χ2n) is 6.61. The van der Waals surface area contributed by atoms with E-state index in [-0.39, 0.29) is 11.4 Å². The number of hydrogen-bond donors (Lipinski definition) is 2. The molecule has 1 aliphatic carbocycles. The lowest BCUT2D eigenvalue weighted by Gasteiger charge is -2.12. The number of carbonyl (C=O) groups is 1. The first-order chi connectivity index (χ1) is 12.2. The quantitative estimate of drug-likeness (QED) is 0.751. The van der Waals surface area contributed by atoms with Crippen molar-refractivity contribution in [2.24, 2.45) is 5.73 Å². The normalized spacial score (nSPS) is 21.6. The van der Waals surface area contributed by atoms with Gasteiger partial charge in [0.1, 0.15) is 0 Å². The number of amides is 1. The van der Waals surface area contributed by atoms with Crippen LogP contribution < -0.4 is 11.1 Å². The average molecular weight is 328 g/mol. The molecule has 124 valence electrons. The van der Waals surface area contributed by atoms with E-state index in [2.05, 4.69) is 29.6 Å². The molecule has 3 aromatic carbocycles. The summed E-state index contributed by atoms with van der Waals surface area (Å²) >= 11 is 0. The second kappa shape index (κ2) is 6.19. The molecule has 1 amide bonds. The zero-order valence-corrected chi connectivity index (χ0v) is 13.9. The number of carbonyl (C=O) groups excluding carboxylic acids is 1. The van der Waals surface area contributed by atoms with Crippen molar-refractivity contribution in [1.82, 2.24) is 0 Å². The molecule has 4 rings (SSSR count). The number of benzene rings is 3. The molecule has 1 fully saturated rings. The maximum atomic E-state index is 12.2. The molecule has 1 aliphatic rings. The van der Waals surface area contributed by atoms with Crippen LogP contribution in [0.4, 0.5) is 5.69 Å². The maximum Gasteiger partial charge on any atom is 0.255 e. The third kappa shape index (κ3) is 3.06. The third-order valence-electron chi connectivity index (χ3n) is 4.92. The summed E-state index contributed by atoms with van der Waals surface area (Å²) < 4.78 is 0. The summed E-state index contributed by atoms with van der Waals surface area (Å²) in [6, 6.07) is 27.5. The van der Waals surface area contributed by atoms with Gasteiger partial charge in [-0.05, 0) is 41.8 Å². The van der Waals surface area contributed by atoms with E-state index in [4.69, 9.17) is 5.73 Å². The Labute approximate surface area is 147 Å². The van der Waals surface area contributed by atoms with Gasteiger partial charge in [0.2, 0.25) is 0 Å². The van der Waals surface area contributed by atoms with Crippen molar-refractivity contribution in [3.63, 3.8) is 0 Å². The van der Waals surface area contributed by atoms with Crippen LogP contribution in [-0.4, -0.2) is 5.91 Å². The standard InChI is InChI=1S/C22H20N2O/c23-22(18-9-5-2-6-10-18)15-20(22)16-11-13-19(14-12-16)24-21(25)17-7-3-1-4-8-17/h1-14,20H,15,23H2,(H,24,25)/t20-,22+/m0/s1. The van der Waals surface area contributed by atoms with E-state index < -0.39 is 0 Å². The Balaban J connectivity index is 1.46. The lowest BCUT2D eigenvalue weighted by molar-refractivity contribution is 0.102. The highest BCUT2D eigenvalue weighted by atomic mass is 16.1. The minimum atomic E-state index is -0.268. The van der Waals surface area contributed by atoms with Gasteiger partial charge in [0, 0.05) is 22.7 Å². The highest BCUT2D eigenvalue weighted by Gasteiger charge is 2.52. The highest BCUT2D eigenvalue weighted by Crippen LogP contribution is 2.56. The lowest BCUT2D eigenvalue weighted by atomic mass is 9.99. The van der Waals surface area contributed by atoms with Gasteiger partial charge in [-0.2, -0.15) is 0 Å². The summed E-state index contributed by atoms with van der Waals surface area (Å²) in [7, 11) is 0. The average Bonchev–Trinajstić information content (AvgIpc) is 3.37. The zero-order chi connectivity index (χ0) is 17.3. The first kappa shape index (κ1) is 15.6. The van der Waals surface area contributed by atoms with Crippen LogP contribution in [0.2, 0.25) is 0 Å². The van der Waals surface area contributed by atoms with Gasteiger partial charge < -0.3 is 11.1 Å². The van der Waals surface area contributed by atoms with Crippen LogP contribution in [-0.2, 0) is 5.54 Å². The van der Waals surface area contributed by atoms with Crippen LogP contribution >= 0.6 is 0 Å². The lowest BCUT2D eigenvalue weighted by Crippen LogP contribution is -2.21. The number of nitrogens with two attached hydrogens (primary N) is 1. The smallest absolute Gasteiger partial charge is 0.255 e. The SMILES string of the molecule is N[C@@]1(c2ccccc2)C[C@H]1c1ccc(NC(=O)c2ccccc2)cc1. The summed E-state index contributed by atoms with van der Waals surface area (Å²) in [4.78, 5) is 12.2. The van der Waals surface area contributed by atoms with Crippen molar-refractivity contribution in [2.45, 2.75) is 17.9 Å². The highest BCUT2D eigenvalue weighted by molar-refractivity contribution is 6.04. The van der Waals surface area contributed by atoms with Gasteiger partial charge in [-0.3, -0.25) is 4.79 Å². The fraction of sp³-hybridized carbons (Fsp3) is 0.136. The van der Waals surface area contributed by atoms with Gasteiger partial charge in [0.25, 0.3) is 5.91 Å². The van der Waals surface area contributed by atoms with Gasteiger partial charge >= 0.3 is 0 Å². The van der Waals surface area contributed by atoms with E-state index in [9.17, 15) is 4.79 Å². The van der Waals surface area contributed by atoms with Crippen LogP contribution in [0.25, 0.3) is 0 Å². The number of rotatable bonds is 4. The molecule has 1 saturated carbocycles. The predicted molar refractivity (Wildman–Crippen MR) is 101 cm³/mol. The van der Waals surface area contributed by atoms with Gasteiger partial charge in [-0.1, -0.05) is 60.7 Å². The Kier molecular flexibility index (Phi) is 3.86. The van der Waals surface area contributed by atoms with Crippen LogP contribution in [0.5, 0.6) is 0 Å². The first-order valence-corrected chi connectivity index (χ1v) is 8.47. The molecule has 3 N–H and O–H groups in total. The van der Waals surface area contributed by atoms with E-state index in [1.54, 1.807) is 12.1 Å². The first-order valence-electron chi connectivity index (χ1n) is 8.47. The van der Waals surface area contributed by atoms with E-state index in [1.165, 1.54) is 11.1 Å². The second-order valence-corrected chi connectivity index (χ2v) is 6.61. The Hall–Kier alpha value is -2.91. The third-order valence-corrected chi connectivity index (χ3v) is 4.92. The molecule has 0 saturated heterocycles.